The molecule has 1 amide bonds. The molecule has 0 bridgehead atoms. The third-order valence-electron chi connectivity index (χ3n) is 6.25. The predicted octanol–water partition coefficient (Wildman–Crippen LogP) is 3.36. The van der Waals surface area contributed by atoms with Crippen LogP contribution in [0, 0.1) is 0 Å². The molecule has 0 aliphatic rings. The van der Waals surface area contributed by atoms with Gasteiger partial charge in [0.2, 0.25) is 15.9 Å². The predicted molar refractivity (Wildman–Crippen MR) is 154 cm³/mol. The molecule has 0 saturated heterocycles. The van der Waals surface area contributed by atoms with Crippen molar-refractivity contribution in [2.45, 2.75) is 75.5 Å². The van der Waals surface area contributed by atoms with Gasteiger partial charge in [-0.3, -0.25) is 4.79 Å². The van der Waals surface area contributed by atoms with Crippen molar-refractivity contribution in [3.8, 4) is 0 Å². The monoisotopic (exact) mass is 593 g/mol. The summed E-state index contributed by atoms with van der Waals surface area (Å²) in [5.74, 6) is -1.77. The Morgan fingerprint density at radius 1 is 0.950 bits per heavy atom. The Kier molecular flexibility index (Phi) is 11.9. The van der Waals surface area contributed by atoms with Crippen LogP contribution in [-0.2, 0) is 47.3 Å². The minimum Gasteiger partial charge on any atom is -0.465 e. The van der Waals surface area contributed by atoms with Gasteiger partial charge in [-0.2, -0.15) is 0 Å². The first-order valence-corrected chi connectivity index (χ1v) is 15.9. The average molecular weight is 594 g/mol. The molecule has 0 atom stereocenters. The van der Waals surface area contributed by atoms with E-state index in [2.05, 4.69) is 9.46 Å². The fraction of sp³-hybridized carbons (Fsp3) is 0.481. The SMILES string of the molecule is C[B]CCOCc1cc(C(C)C)c(CC(=O)NS(=O)(=O)c2ccc(S(=O)(=O)NC)cc2C(=O)OC)c(C(C)C)c1. The van der Waals surface area contributed by atoms with Crippen molar-refractivity contribution in [1.82, 2.24) is 9.44 Å². The van der Waals surface area contributed by atoms with Crippen LogP contribution in [0.1, 0.15) is 72.1 Å². The molecule has 0 unspecified atom stereocenters. The molecule has 0 spiro atoms. The Morgan fingerprint density at radius 2 is 1.55 bits per heavy atom. The van der Waals surface area contributed by atoms with Crippen molar-refractivity contribution in [2.24, 2.45) is 0 Å². The van der Waals surface area contributed by atoms with Gasteiger partial charge >= 0.3 is 5.97 Å². The van der Waals surface area contributed by atoms with Crippen LogP contribution >= 0.6 is 0 Å². The fourth-order valence-corrected chi connectivity index (χ4v) is 6.11. The highest BCUT2D eigenvalue weighted by Gasteiger charge is 2.28. The molecule has 0 aliphatic heterocycles. The molecule has 40 heavy (non-hydrogen) atoms. The largest absolute Gasteiger partial charge is 0.465 e. The van der Waals surface area contributed by atoms with Crippen LogP contribution in [0.15, 0.2) is 40.1 Å². The molecule has 0 fully saturated rings. The Morgan fingerprint density at radius 3 is 2.05 bits per heavy atom. The van der Waals surface area contributed by atoms with E-state index in [0.717, 1.165) is 53.9 Å². The van der Waals surface area contributed by atoms with Gasteiger partial charge in [0.05, 0.1) is 30.6 Å². The van der Waals surface area contributed by atoms with E-state index in [4.69, 9.17) is 4.74 Å². The number of amides is 1. The van der Waals surface area contributed by atoms with E-state index >= 15 is 0 Å². The number of nitrogens with one attached hydrogen (secondary N) is 2. The van der Waals surface area contributed by atoms with Crippen LogP contribution in [0.25, 0.3) is 0 Å². The van der Waals surface area contributed by atoms with E-state index in [1.165, 1.54) is 7.05 Å². The summed E-state index contributed by atoms with van der Waals surface area (Å²) >= 11 is 0. The molecule has 13 heteroatoms. The van der Waals surface area contributed by atoms with Gasteiger partial charge in [0.15, 0.2) is 0 Å². The van der Waals surface area contributed by atoms with Crippen molar-refractivity contribution < 1.29 is 35.9 Å². The first kappa shape index (κ1) is 33.5. The van der Waals surface area contributed by atoms with Gasteiger partial charge in [-0.05, 0) is 59.3 Å². The van der Waals surface area contributed by atoms with Crippen molar-refractivity contribution >= 4 is 39.2 Å². The van der Waals surface area contributed by atoms with Gasteiger partial charge in [-0.15, -0.1) is 0 Å². The summed E-state index contributed by atoms with van der Waals surface area (Å²) in [5.41, 5.74) is 3.01. The first-order valence-electron chi connectivity index (χ1n) is 12.9. The maximum Gasteiger partial charge on any atom is 0.339 e. The summed E-state index contributed by atoms with van der Waals surface area (Å²) in [7, 11) is -4.30. The highest BCUT2D eigenvalue weighted by molar-refractivity contribution is 7.90. The third kappa shape index (κ3) is 8.39. The molecule has 2 aromatic carbocycles. The Labute approximate surface area is 238 Å². The number of ether oxygens (including phenoxy) is 2. The Hall–Kier alpha value is -2.74. The van der Waals surface area contributed by atoms with E-state index < -0.39 is 42.4 Å². The molecule has 2 aromatic rings. The van der Waals surface area contributed by atoms with Crippen molar-refractivity contribution in [3.05, 3.63) is 58.1 Å². The topological polar surface area (TPSA) is 145 Å². The second kappa shape index (κ2) is 14.2. The highest BCUT2D eigenvalue weighted by atomic mass is 32.2. The maximum atomic E-state index is 13.2. The van der Waals surface area contributed by atoms with Crippen molar-refractivity contribution in [1.29, 1.82) is 0 Å². The zero-order valence-electron chi connectivity index (χ0n) is 24.0. The molecule has 219 valence electrons. The zero-order chi connectivity index (χ0) is 30.3. The normalized spacial score (nSPS) is 12.0. The lowest BCUT2D eigenvalue weighted by Crippen LogP contribution is -2.33. The summed E-state index contributed by atoms with van der Waals surface area (Å²) in [4.78, 5) is 24.6. The molecule has 0 saturated carbocycles. The van der Waals surface area contributed by atoms with Crippen molar-refractivity contribution in [3.63, 3.8) is 0 Å². The van der Waals surface area contributed by atoms with Crippen molar-refractivity contribution in [2.75, 3.05) is 20.8 Å². The summed E-state index contributed by atoms with van der Waals surface area (Å²) in [5, 5.41) is 0. The summed E-state index contributed by atoms with van der Waals surface area (Å²) in [6, 6.07) is 6.85. The maximum absolute atomic E-state index is 13.2. The molecule has 2 N–H and O–H groups in total. The lowest BCUT2D eigenvalue weighted by molar-refractivity contribution is -0.118. The van der Waals surface area contributed by atoms with E-state index in [0.29, 0.717) is 13.2 Å². The lowest BCUT2D eigenvalue weighted by Gasteiger charge is -2.22. The van der Waals surface area contributed by atoms with Crippen LogP contribution in [0.3, 0.4) is 0 Å². The number of benzene rings is 2. The molecule has 10 nitrogen and oxygen atoms in total. The average Bonchev–Trinajstić information content (AvgIpc) is 2.90. The molecule has 0 heterocycles. The van der Waals surface area contributed by atoms with Gasteiger partial charge in [0, 0.05) is 6.61 Å². The zero-order valence-corrected chi connectivity index (χ0v) is 25.7. The van der Waals surface area contributed by atoms with E-state index in [9.17, 15) is 26.4 Å². The van der Waals surface area contributed by atoms with Crippen LogP contribution < -0.4 is 9.44 Å². The number of carbonyl (C=O) groups excluding carboxylic acids is 2. The summed E-state index contributed by atoms with van der Waals surface area (Å²) in [6.07, 6.45) is 0.624. The smallest absolute Gasteiger partial charge is 0.339 e. The molecule has 0 aromatic heterocycles. The van der Waals surface area contributed by atoms with Crippen LogP contribution in [0.4, 0.5) is 0 Å². The number of hydrogen-bond donors (Lipinski definition) is 2. The number of esters is 1. The molecular formula is C27H38BN2O8S2. The van der Waals surface area contributed by atoms with Gasteiger partial charge in [0.1, 0.15) is 12.2 Å². The minimum absolute atomic E-state index is 0.0495. The van der Waals surface area contributed by atoms with Gasteiger partial charge in [0.25, 0.3) is 10.0 Å². The van der Waals surface area contributed by atoms with Crippen LogP contribution in [0.5, 0.6) is 0 Å². The minimum atomic E-state index is -4.56. The number of methoxy groups -OCH3 is 1. The number of carbonyl (C=O) groups is 2. The Balaban J connectivity index is 2.46. The Bertz CT molecular complexity index is 1410. The molecule has 1 radical (unpaired) electrons. The second-order valence-electron chi connectivity index (χ2n) is 9.87. The summed E-state index contributed by atoms with van der Waals surface area (Å²) in [6.45, 7) is 11.0. The quantitative estimate of drug-likeness (QED) is 0.193. The van der Waals surface area contributed by atoms with E-state index in [1.54, 1.807) is 0 Å². The van der Waals surface area contributed by atoms with Gasteiger partial charge in [-0.25, -0.2) is 31.1 Å². The molecule has 2 rings (SSSR count). The third-order valence-corrected chi connectivity index (χ3v) is 9.10. The first-order chi connectivity index (χ1) is 18.7. The molecular weight excluding hydrogens is 555 g/mol. The van der Waals surface area contributed by atoms with E-state index in [-0.39, 0.29) is 23.2 Å². The van der Waals surface area contributed by atoms with Gasteiger partial charge in [-0.1, -0.05) is 53.0 Å². The number of hydrogen-bond acceptors (Lipinski definition) is 8. The van der Waals surface area contributed by atoms with Gasteiger partial charge < -0.3 is 9.47 Å². The van der Waals surface area contributed by atoms with Crippen LogP contribution in [0.2, 0.25) is 13.1 Å². The van der Waals surface area contributed by atoms with E-state index in [1.807, 2.05) is 58.7 Å². The summed E-state index contributed by atoms with van der Waals surface area (Å²) < 4.78 is 65.5. The second-order valence-corrected chi connectivity index (χ2v) is 13.4. The number of sulfonamides is 2. The standard InChI is InChI=1S/C27H38BN2O8S2/c1-17(2)21-12-19(16-38-11-10-28-5)13-22(18(3)4)23(21)15-26(31)30-40(35,36)25-9-8-20(39(33,34)29-6)14-24(25)27(32)37-7/h8-9,12-14,17-18,29H,10-11,15-16H2,1-7H3,(H,30,31). The fourth-order valence-electron chi connectivity index (χ4n) is 4.19. The lowest BCUT2D eigenvalue weighted by atomic mass is 9.79. The number of rotatable bonds is 14. The highest BCUT2D eigenvalue weighted by Crippen LogP contribution is 2.31. The van der Waals surface area contributed by atoms with Crippen LogP contribution in [-0.4, -0.2) is 56.8 Å². The molecule has 0 aliphatic carbocycles.